The number of rotatable bonds is 3. The number of nitrogens with zero attached hydrogens (tertiary/aromatic N) is 1. The highest BCUT2D eigenvalue weighted by molar-refractivity contribution is 5.75. The lowest BCUT2D eigenvalue weighted by Gasteiger charge is -2.37. The van der Waals surface area contributed by atoms with Crippen molar-refractivity contribution in [3.05, 3.63) is 0 Å². The smallest absolute Gasteiger partial charge is 0.317 e. The van der Waals surface area contributed by atoms with Gasteiger partial charge in [-0.25, -0.2) is 4.79 Å². The van der Waals surface area contributed by atoms with Crippen molar-refractivity contribution in [1.29, 1.82) is 0 Å². The van der Waals surface area contributed by atoms with Gasteiger partial charge in [0.2, 0.25) is 0 Å². The first-order chi connectivity index (χ1) is 9.99. The Bertz CT molecular complexity index is 378. The minimum absolute atomic E-state index is 0.00697. The number of urea groups is 1. The summed E-state index contributed by atoms with van der Waals surface area (Å²) in [5.41, 5.74) is 0. The normalized spacial score (nSPS) is 33.2. The second kappa shape index (κ2) is 7.14. The summed E-state index contributed by atoms with van der Waals surface area (Å²) in [6.45, 7) is 2.23. The first-order valence-electron chi connectivity index (χ1n) is 8.25. The van der Waals surface area contributed by atoms with Crippen molar-refractivity contribution in [2.75, 3.05) is 7.05 Å². The fraction of sp³-hybridized carbons (Fsp3) is 0.875. The monoisotopic (exact) mass is 296 g/mol. The summed E-state index contributed by atoms with van der Waals surface area (Å²) in [6.07, 6.45) is 7.66. The zero-order valence-corrected chi connectivity index (χ0v) is 13.2. The zero-order chi connectivity index (χ0) is 15.4. The molecule has 21 heavy (non-hydrogen) atoms. The van der Waals surface area contributed by atoms with Crippen LogP contribution in [0.25, 0.3) is 0 Å². The highest BCUT2D eigenvalue weighted by atomic mass is 16.4. The molecule has 0 spiro atoms. The van der Waals surface area contributed by atoms with Crippen LogP contribution in [-0.2, 0) is 4.79 Å². The molecule has 2 aliphatic carbocycles. The second-order valence-electron chi connectivity index (χ2n) is 6.78. The molecule has 0 aromatic heterocycles. The van der Waals surface area contributed by atoms with Gasteiger partial charge in [0.1, 0.15) is 0 Å². The molecule has 2 rings (SSSR count). The molecular weight excluding hydrogens is 268 g/mol. The van der Waals surface area contributed by atoms with Crippen molar-refractivity contribution >= 4 is 12.0 Å². The number of amides is 2. The largest absolute Gasteiger partial charge is 0.481 e. The molecule has 0 aromatic rings. The Morgan fingerprint density at radius 2 is 1.67 bits per heavy atom. The molecule has 0 saturated heterocycles. The van der Waals surface area contributed by atoms with Crippen LogP contribution in [0.2, 0.25) is 0 Å². The molecule has 0 bridgehead atoms. The van der Waals surface area contributed by atoms with Crippen LogP contribution in [0.3, 0.4) is 0 Å². The SMILES string of the molecule is CC1CCCCC1N(C)C(=O)NC1CCC(C(=O)O)CC1. The summed E-state index contributed by atoms with van der Waals surface area (Å²) >= 11 is 0. The van der Waals surface area contributed by atoms with Crippen LogP contribution in [0.15, 0.2) is 0 Å². The fourth-order valence-electron chi connectivity index (χ4n) is 3.78. The summed E-state index contributed by atoms with van der Waals surface area (Å²) in [5.74, 6) is -0.362. The number of carbonyl (C=O) groups excluding carboxylic acids is 1. The van der Waals surface area contributed by atoms with Gasteiger partial charge in [0.25, 0.3) is 0 Å². The zero-order valence-electron chi connectivity index (χ0n) is 13.2. The minimum Gasteiger partial charge on any atom is -0.481 e. The van der Waals surface area contributed by atoms with Crippen LogP contribution in [0.5, 0.6) is 0 Å². The van der Waals surface area contributed by atoms with Crippen molar-refractivity contribution in [2.24, 2.45) is 11.8 Å². The van der Waals surface area contributed by atoms with Gasteiger partial charge in [-0.2, -0.15) is 0 Å². The topological polar surface area (TPSA) is 69.6 Å². The molecule has 5 nitrogen and oxygen atoms in total. The summed E-state index contributed by atoms with van der Waals surface area (Å²) < 4.78 is 0. The van der Waals surface area contributed by atoms with E-state index in [-0.39, 0.29) is 18.0 Å². The molecule has 2 atom stereocenters. The van der Waals surface area contributed by atoms with Gasteiger partial charge in [-0.05, 0) is 44.4 Å². The van der Waals surface area contributed by atoms with Crippen LogP contribution < -0.4 is 5.32 Å². The lowest BCUT2D eigenvalue weighted by Crippen LogP contribution is -2.50. The van der Waals surface area contributed by atoms with Gasteiger partial charge < -0.3 is 15.3 Å². The molecule has 2 aliphatic rings. The molecule has 120 valence electrons. The van der Waals surface area contributed by atoms with Gasteiger partial charge >= 0.3 is 12.0 Å². The number of carbonyl (C=O) groups is 2. The van der Waals surface area contributed by atoms with Gasteiger partial charge in [-0.1, -0.05) is 19.8 Å². The molecule has 0 heterocycles. The maximum absolute atomic E-state index is 12.4. The third kappa shape index (κ3) is 4.11. The van der Waals surface area contributed by atoms with E-state index < -0.39 is 5.97 Å². The Balaban J connectivity index is 1.80. The third-order valence-corrected chi connectivity index (χ3v) is 5.29. The molecule has 2 saturated carbocycles. The molecule has 2 amide bonds. The van der Waals surface area contributed by atoms with Crippen LogP contribution in [0, 0.1) is 11.8 Å². The Kier molecular flexibility index (Phi) is 5.48. The highest BCUT2D eigenvalue weighted by Crippen LogP contribution is 2.28. The summed E-state index contributed by atoms with van der Waals surface area (Å²) in [7, 11) is 1.89. The van der Waals surface area contributed by atoms with E-state index in [9.17, 15) is 9.59 Å². The maximum atomic E-state index is 12.4. The molecule has 5 heteroatoms. The first-order valence-corrected chi connectivity index (χ1v) is 8.25. The summed E-state index contributed by atoms with van der Waals surface area (Å²) in [6, 6.07) is 0.482. The van der Waals surface area contributed by atoms with E-state index in [4.69, 9.17) is 5.11 Å². The Morgan fingerprint density at radius 1 is 1.05 bits per heavy atom. The summed E-state index contributed by atoms with van der Waals surface area (Å²) in [4.78, 5) is 25.2. The fourth-order valence-corrected chi connectivity index (χ4v) is 3.78. The molecule has 2 unspecified atom stereocenters. The molecule has 0 radical (unpaired) electrons. The van der Waals surface area contributed by atoms with Crippen LogP contribution in [0.1, 0.15) is 58.3 Å². The quantitative estimate of drug-likeness (QED) is 0.841. The Hall–Kier alpha value is -1.26. The molecule has 2 fully saturated rings. The van der Waals surface area contributed by atoms with E-state index in [1.165, 1.54) is 19.3 Å². The molecular formula is C16H28N2O3. The van der Waals surface area contributed by atoms with Gasteiger partial charge in [0.05, 0.1) is 5.92 Å². The number of carboxylic acid groups (broad SMARTS) is 1. The van der Waals surface area contributed by atoms with Crippen LogP contribution in [0.4, 0.5) is 4.79 Å². The van der Waals surface area contributed by atoms with E-state index in [0.29, 0.717) is 24.8 Å². The lowest BCUT2D eigenvalue weighted by atomic mass is 9.85. The third-order valence-electron chi connectivity index (χ3n) is 5.29. The van der Waals surface area contributed by atoms with Crippen molar-refractivity contribution in [2.45, 2.75) is 70.4 Å². The van der Waals surface area contributed by atoms with Crippen molar-refractivity contribution in [1.82, 2.24) is 10.2 Å². The van der Waals surface area contributed by atoms with E-state index in [1.54, 1.807) is 0 Å². The Labute approximate surface area is 127 Å². The van der Waals surface area contributed by atoms with Gasteiger partial charge in [-0.3, -0.25) is 4.79 Å². The van der Waals surface area contributed by atoms with Crippen LogP contribution in [-0.4, -0.2) is 41.1 Å². The van der Waals surface area contributed by atoms with Gasteiger partial charge in [-0.15, -0.1) is 0 Å². The number of hydrogen-bond donors (Lipinski definition) is 2. The molecule has 0 aromatic carbocycles. The number of carboxylic acids is 1. The minimum atomic E-state index is -0.701. The van der Waals surface area contributed by atoms with Crippen molar-refractivity contribution in [3.63, 3.8) is 0 Å². The summed E-state index contributed by atoms with van der Waals surface area (Å²) in [5, 5.41) is 12.1. The van der Waals surface area contributed by atoms with Gasteiger partial charge in [0, 0.05) is 19.1 Å². The van der Waals surface area contributed by atoms with E-state index >= 15 is 0 Å². The van der Waals surface area contributed by atoms with Crippen molar-refractivity contribution in [3.8, 4) is 0 Å². The van der Waals surface area contributed by atoms with E-state index in [1.807, 2.05) is 11.9 Å². The molecule has 0 aliphatic heterocycles. The van der Waals surface area contributed by atoms with Gasteiger partial charge in [0.15, 0.2) is 0 Å². The number of nitrogens with one attached hydrogen (secondary N) is 1. The first kappa shape index (κ1) is 16.1. The Morgan fingerprint density at radius 3 is 2.24 bits per heavy atom. The number of hydrogen-bond acceptors (Lipinski definition) is 2. The maximum Gasteiger partial charge on any atom is 0.317 e. The average Bonchev–Trinajstić information content (AvgIpc) is 2.47. The standard InChI is InChI=1S/C16H28N2O3/c1-11-5-3-4-6-14(11)18(2)16(21)17-13-9-7-12(8-10-13)15(19)20/h11-14H,3-10H2,1-2H3,(H,17,21)(H,19,20). The van der Waals surface area contributed by atoms with Crippen LogP contribution >= 0.6 is 0 Å². The van der Waals surface area contributed by atoms with E-state index in [2.05, 4.69) is 12.2 Å². The lowest BCUT2D eigenvalue weighted by molar-refractivity contribution is -0.142. The predicted octanol–water partition coefficient (Wildman–Crippen LogP) is 2.85. The van der Waals surface area contributed by atoms with E-state index in [0.717, 1.165) is 19.3 Å². The molecule has 2 N–H and O–H groups in total. The highest BCUT2D eigenvalue weighted by Gasteiger charge is 2.31. The second-order valence-corrected chi connectivity index (χ2v) is 6.78. The predicted molar refractivity (Wildman–Crippen MR) is 81.1 cm³/mol. The number of aliphatic carboxylic acids is 1. The average molecular weight is 296 g/mol. The van der Waals surface area contributed by atoms with Crippen molar-refractivity contribution < 1.29 is 14.7 Å².